The van der Waals surface area contributed by atoms with Crippen LogP contribution in [0.2, 0.25) is 0 Å². The summed E-state index contributed by atoms with van der Waals surface area (Å²) in [4.78, 5) is 42.2. The van der Waals surface area contributed by atoms with Crippen molar-refractivity contribution in [3.8, 4) is 0 Å². The second-order valence-corrected chi connectivity index (χ2v) is 11.3. The third-order valence-electron chi connectivity index (χ3n) is 6.14. The summed E-state index contributed by atoms with van der Waals surface area (Å²) in [5.74, 6) is -1.01. The summed E-state index contributed by atoms with van der Waals surface area (Å²) in [5.41, 5.74) is 0. The minimum absolute atomic E-state index is 0.100. The number of rotatable bonds is 27. The van der Waals surface area contributed by atoms with E-state index in [0.717, 1.165) is 25.7 Å². The Bertz CT molecular complexity index is 756. The minimum atomic E-state index is -4.76. The van der Waals surface area contributed by atoms with E-state index in [9.17, 15) is 14.2 Å². The van der Waals surface area contributed by atoms with E-state index in [4.69, 9.17) is 19.3 Å². The fourth-order valence-electron chi connectivity index (χ4n) is 3.84. The average molecular weight is 587 g/mol. The lowest BCUT2D eigenvalue weighted by atomic mass is 10.1. The van der Waals surface area contributed by atoms with E-state index in [1.54, 1.807) is 0 Å². The van der Waals surface area contributed by atoms with Crippen molar-refractivity contribution in [2.45, 2.75) is 136 Å². The highest BCUT2D eigenvalue weighted by Gasteiger charge is 2.22. The van der Waals surface area contributed by atoms with Gasteiger partial charge in [-0.15, -0.1) is 0 Å². The van der Waals surface area contributed by atoms with Gasteiger partial charge in [-0.3, -0.25) is 14.1 Å². The van der Waals surface area contributed by atoms with E-state index >= 15 is 0 Å². The summed E-state index contributed by atoms with van der Waals surface area (Å²) in [6.07, 6.45) is 29.0. The summed E-state index contributed by atoms with van der Waals surface area (Å²) in [6, 6.07) is 0. The largest absolute Gasteiger partial charge is 0.469 e. The number of carbonyl (C=O) groups is 2. The lowest BCUT2D eigenvalue weighted by Gasteiger charge is -2.18. The molecule has 0 aliphatic rings. The molecule has 0 aliphatic carbocycles. The Balaban J connectivity index is 4.21. The van der Waals surface area contributed by atoms with Crippen LogP contribution in [0.15, 0.2) is 36.5 Å². The molecule has 0 fully saturated rings. The normalized spacial score (nSPS) is 13.0. The molecule has 0 aromatic carbocycles. The average Bonchev–Trinajstić information content (AvgIpc) is 2.91. The van der Waals surface area contributed by atoms with Crippen LogP contribution >= 0.6 is 7.82 Å². The summed E-state index contributed by atoms with van der Waals surface area (Å²) in [5, 5.41) is 0. The fraction of sp³-hybridized carbons (Fsp3) is 0.742. The summed E-state index contributed by atoms with van der Waals surface area (Å²) >= 11 is 0. The predicted octanol–water partition coefficient (Wildman–Crippen LogP) is 8.28. The summed E-state index contributed by atoms with van der Waals surface area (Å²) in [7, 11) is -4.76. The first-order valence-electron chi connectivity index (χ1n) is 15.3. The first-order valence-corrected chi connectivity index (χ1v) is 16.8. The second-order valence-electron chi connectivity index (χ2n) is 10.1. The summed E-state index contributed by atoms with van der Waals surface area (Å²) in [6.45, 7) is 3.52. The maximum atomic E-state index is 12.2. The molecule has 0 radical (unpaired) electrons. The first kappa shape index (κ1) is 38.3. The van der Waals surface area contributed by atoms with E-state index < -0.39 is 32.5 Å². The second kappa shape index (κ2) is 27.4. The number of carbonyl (C=O) groups excluding carboxylic acids is 2. The summed E-state index contributed by atoms with van der Waals surface area (Å²) < 4.78 is 26.0. The molecule has 1 atom stereocenters. The molecule has 40 heavy (non-hydrogen) atoms. The van der Waals surface area contributed by atoms with Crippen LogP contribution in [0, 0.1) is 0 Å². The maximum absolute atomic E-state index is 12.2. The molecular weight excluding hydrogens is 531 g/mol. The Morgan fingerprint density at radius 2 is 1.18 bits per heavy atom. The number of allylic oxidation sites excluding steroid dienone is 6. The number of hydrogen-bond acceptors (Lipinski definition) is 6. The van der Waals surface area contributed by atoms with Gasteiger partial charge in [0.05, 0.1) is 6.61 Å². The highest BCUT2D eigenvalue weighted by Crippen LogP contribution is 2.35. The van der Waals surface area contributed by atoms with Crippen molar-refractivity contribution in [2.75, 3.05) is 13.2 Å². The Labute approximate surface area is 242 Å². The SMILES string of the molecule is CCCCCC/C=C/CCCC(=O)OCC(COP(=O)(O)O)OC(=O)CC/C=C/C/C=C/CCCCCCCC. The van der Waals surface area contributed by atoms with Gasteiger partial charge < -0.3 is 19.3 Å². The minimum Gasteiger partial charge on any atom is -0.462 e. The van der Waals surface area contributed by atoms with Gasteiger partial charge in [-0.1, -0.05) is 102 Å². The van der Waals surface area contributed by atoms with Crippen molar-refractivity contribution in [1.29, 1.82) is 0 Å². The van der Waals surface area contributed by atoms with Crippen LogP contribution in [0.25, 0.3) is 0 Å². The van der Waals surface area contributed by atoms with E-state index in [-0.39, 0.29) is 19.4 Å². The van der Waals surface area contributed by atoms with Gasteiger partial charge in [-0.25, -0.2) is 4.57 Å². The molecule has 0 saturated carbocycles. The van der Waals surface area contributed by atoms with E-state index in [1.807, 2.05) is 12.2 Å². The third kappa shape index (κ3) is 29.3. The van der Waals surface area contributed by atoms with Crippen LogP contribution in [0.3, 0.4) is 0 Å². The standard InChI is InChI=1S/C31H55O8P/c1-3-5-7-9-11-13-14-15-16-18-20-22-24-26-31(33)39-29(28-38-40(34,35)36)27-37-30(32)25-23-21-19-17-12-10-8-6-4-2/h15-17,19-20,22,29H,3-14,18,21,23-28H2,1-2H3,(H2,34,35,36)/b16-15+,19-17+,22-20+. The zero-order valence-electron chi connectivity index (χ0n) is 25.0. The Morgan fingerprint density at radius 1 is 0.650 bits per heavy atom. The molecule has 8 nitrogen and oxygen atoms in total. The topological polar surface area (TPSA) is 119 Å². The maximum Gasteiger partial charge on any atom is 0.469 e. The zero-order valence-corrected chi connectivity index (χ0v) is 25.9. The monoisotopic (exact) mass is 586 g/mol. The Kier molecular flexibility index (Phi) is 26.3. The number of unbranched alkanes of at least 4 members (excludes halogenated alkanes) is 11. The number of hydrogen-bond donors (Lipinski definition) is 2. The predicted molar refractivity (Wildman–Crippen MR) is 161 cm³/mol. The number of phosphoric acid groups is 1. The van der Waals surface area contributed by atoms with Gasteiger partial charge in [0.25, 0.3) is 0 Å². The first-order chi connectivity index (χ1) is 19.3. The van der Waals surface area contributed by atoms with Gasteiger partial charge in [-0.05, 0) is 51.4 Å². The highest BCUT2D eigenvalue weighted by atomic mass is 31.2. The van der Waals surface area contributed by atoms with Crippen molar-refractivity contribution in [3.05, 3.63) is 36.5 Å². The molecule has 2 N–H and O–H groups in total. The molecule has 0 aromatic rings. The van der Waals surface area contributed by atoms with Crippen molar-refractivity contribution >= 4 is 19.8 Å². The fourth-order valence-corrected chi connectivity index (χ4v) is 4.20. The molecule has 232 valence electrons. The van der Waals surface area contributed by atoms with Crippen LogP contribution in [0.1, 0.15) is 129 Å². The van der Waals surface area contributed by atoms with Crippen LogP contribution in [-0.4, -0.2) is 41.0 Å². The smallest absolute Gasteiger partial charge is 0.462 e. The number of ether oxygens (including phenoxy) is 2. The lowest BCUT2D eigenvalue weighted by Crippen LogP contribution is -2.29. The van der Waals surface area contributed by atoms with Crippen LogP contribution in [-0.2, 0) is 28.2 Å². The molecule has 0 rings (SSSR count). The van der Waals surface area contributed by atoms with Gasteiger partial charge in [-0.2, -0.15) is 0 Å². The van der Waals surface area contributed by atoms with E-state index in [0.29, 0.717) is 12.8 Å². The molecule has 0 saturated heterocycles. The lowest BCUT2D eigenvalue weighted by molar-refractivity contribution is -0.161. The molecule has 0 heterocycles. The third-order valence-corrected chi connectivity index (χ3v) is 6.63. The van der Waals surface area contributed by atoms with Crippen molar-refractivity contribution in [2.24, 2.45) is 0 Å². The van der Waals surface area contributed by atoms with Crippen molar-refractivity contribution in [1.82, 2.24) is 0 Å². The van der Waals surface area contributed by atoms with Crippen LogP contribution in [0.5, 0.6) is 0 Å². The van der Waals surface area contributed by atoms with Crippen LogP contribution in [0.4, 0.5) is 0 Å². The molecule has 1 unspecified atom stereocenters. The number of esters is 2. The molecule has 0 spiro atoms. The Hall–Kier alpha value is -1.73. The molecule has 0 aromatic heterocycles. The van der Waals surface area contributed by atoms with Crippen molar-refractivity contribution in [3.63, 3.8) is 0 Å². The van der Waals surface area contributed by atoms with E-state index in [2.05, 4.69) is 42.7 Å². The van der Waals surface area contributed by atoms with Gasteiger partial charge in [0, 0.05) is 12.8 Å². The van der Waals surface area contributed by atoms with Gasteiger partial charge >= 0.3 is 19.8 Å². The van der Waals surface area contributed by atoms with E-state index in [1.165, 1.54) is 64.2 Å². The molecule has 0 aliphatic heterocycles. The quantitative estimate of drug-likeness (QED) is 0.0427. The van der Waals surface area contributed by atoms with Gasteiger partial charge in [0.2, 0.25) is 0 Å². The highest BCUT2D eigenvalue weighted by molar-refractivity contribution is 7.46. The van der Waals surface area contributed by atoms with Gasteiger partial charge in [0.1, 0.15) is 6.61 Å². The number of phosphoric ester groups is 1. The molecule has 0 amide bonds. The molecule has 0 bridgehead atoms. The zero-order chi connectivity index (χ0) is 29.7. The van der Waals surface area contributed by atoms with Gasteiger partial charge in [0.15, 0.2) is 6.10 Å². The van der Waals surface area contributed by atoms with Crippen molar-refractivity contribution < 1.29 is 37.9 Å². The Morgan fingerprint density at radius 3 is 1.80 bits per heavy atom. The molecular formula is C31H55O8P. The molecule has 9 heteroatoms. The van der Waals surface area contributed by atoms with Crippen LogP contribution < -0.4 is 0 Å².